The molecule has 0 heterocycles. The zero-order valence-electron chi connectivity index (χ0n) is 27.5. The molecular weight excluding hydrogens is 577 g/mol. The van der Waals surface area contributed by atoms with E-state index < -0.39 is 0 Å². The Morgan fingerprint density at radius 2 is 0.604 bits per heavy atom. The van der Waals surface area contributed by atoms with Crippen LogP contribution in [-0.4, -0.2) is 0 Å². The number of allylic oxidation sites excluding steroid dienone is 4. The van der Waals surface area contributed by atoms with E-state index in [1.807, 2.05) is 0 Å². The molecule has 7 aromatic carbocycles. The largest absolute Gasteiger partial charge is 0.0622 e. The zero-order chi connectivity index (χ0) is 32.7. The van der Waals surface area contributed by atoms with Crippen LogP contribution in [0.1, 0.15) is 36.1 Å². The molecule has 7 rings (SSSR count). The average molecular weight is 615 g/mol. The maximum absolute atomic E-state index is 2.31. The third-order valence-corrected chi connectivity index (χ3v) is 9.17. The van der Waals surface area contributed by atoms with Crippen LogP contribution < -0.4 is 0 Å². The molecule has 0 unspecified atom stereocenters. The third kappa shape index (κ3) is 6.34. The summed E-state index contributed by atoms with van der Waals surface area (Å²) in [6.45, 7) is 4.52. The first-order valence-corrected chi connectivity index (χ1v) is 16.6. The molecule has 0 atom stereocenters. The fourth-order valence-corrected chi connectivity index (χ4v) is 6.75. The molecule has 0 bridgehead atoms. The number of benzene rings is 7. The molecule has 0 fully saturated rings. The zero-order valence-corrected chi connectivity index (χ0v) is 27.5. The van der Waals surface area contributed by atoms with E-state index in [0.717, 1.165) is 0 Å². The van der Waals surface area contributed by atoms with Gasteiger partial charge in [0.05, 0.1) is 0 Å². The van der Waals surface area contributed by atoms with Gasteiger partial charge in [-0.3, -0.25) is 0 Å². The Morgan fingerprint density at radius 1 is 0.271 bits per heavy atom. The van der Waals surface area contributed by atoms with Gasteiger partial charge in [-0.25, -0.2) is 0 Å². The maximum Gasteiger partial charge on any atom is -0.00268 e. The lowest BCUT2D eigenvalue weighted by Crippen LogP contribution is -1.98. The molecule has 0 saturated heterocycles. The van der Waals surface area contributed by atoms with Crippen molar-refractivity contribution in [2.45, 2.75) is 13.8 Å². The predicted molar refractivity (Wildman–Crippen MR) is 207 cm³/mol. The van der Waals surface area contributed by atoms with Gasteiger partial charge in [0, 0.05) is 0 Å². The summed E-state index contributed by atoms with van der Waals surface area (Å²) >= 11 is 0. The molecule has 230 valence electrons. The summed E-state index contributed by atoms with van der Waals surface area (Å²) in [5.41, 5.74) is 17.1. The van der Waals surface area contributed by atoms with Gasteiger partial charge in [0.1, 0.15) is 0 Å². The van der Waals surface area contributed by atoms with Crippen molar-refractivity contribution in [3.05, 3.63) is 216 Å². The van der Waals surface area contributed by atoms with Gasteiger partial charge in [-0.15, -0.1) is 0 Å². The van der Waals surface area contributed by atoms with E-state index in [9.17, 15) is 0 Å². The summed E-state index contributed by atoms with van der Waals surface area (Å²) in [6.07, 6.45) is 0. The molecule has 0 nitrogen and oxygen atoms in total. The first-order chi connectivity index (χ1) is 23.7. The molecule has 0 N–H and O–H groups in total. The third-order valence-electron chi connectivity index (χ3n) is 9.17. The van der Waals surface area contributed by atoms with Crippen LogP contribution in [0.3, 0.4) is 0 Å². The second kappa shape index (κ2) is 14.2. The molecule has 0 heteroatoms. The second-order valence-electron chi connectivity index (χ2n) is 12.1. The van der Waals surface area contributed by atoms with Gasteiger partial charge in [0.15, 0.2) is 0 Å². The van der Waals surface area contributed by atoms with Crippen LogP contribution in [0.5, 0.6) is 0 Å². The maximum atomic E-state index is 2.31. The summed E-state index contributed by atoms with van der Waals surface area (Å²) in [5.74, 6) is 0. The Hall–Kier alpha value is -5.98. The molecule has 0 aliphatic heterocycles. The Kier molecular flexibility index (Phi) is 9.07. The summed E-state index contributed by atoms with van der Waals surface area (Å²) in [5, 5.41) is 0. The van der Waals surface area contributed by atoms with E-state index in [1.165, 1.54) is 77.9 Å². The highest BCUT2D eigenvalue weighted by atomic mass is 14.2. The molecule has 48 heavy (non-hydrogen) atoms. The van der Waals surface area contributed by atoms with Crippen LogP contribution in [-0.2, 0) is 0 Å². The minimum absolute atomic E-state index is 1.19. The van der Waals surface area contributed by atoms with Crippen molar-refractivity contribution in [2.75, 3.05) is 0 Å². The minimum atomic E-state index is 1.19. The topological polar surface area (TPSA) is 0 Å². The quantitative estimate of drug-likeness (QED) is 0.118. The van der Waals surface area contributed by atoms with Crippen LogP contribution >= 0.6 is 0 Å². The molecule has 0 radical (unpaired) electrons. The van der Waals surface area contributed by atoms with Crippen LogP contribution in [0.15, 0.2) is 194 Å². The smallest absolute Gasteiger partial charge is 0.00268 e. The summed E-state index contributed by atoms with van der Waals surface area (Å²) in [6, 6.07) is 69.7. The molecule has 0 aliphatic carbocycles. The van der Waals surface area contributed by atoms with E-state index in [0.29, 0.717) is 0 Å². The number of hydrogen-bond acceptors (Lipinski definition) is 0. The van der Waals surface area contributed by atoms with E-state index in [2.05, 4.69) is 208 Å². The highest BCUT2D eigenvalue weighted by Crippen LogP contribution is 2.44. The fraction of sp³-hybridized carbons (Fsp3) is 0.0417. The standard InChI is InChI=1S/C48H38/c1-35(37-19-8-3-9-20-37)46(41-25-14-6-15-26-41)47(36(2)38-21-10-4-11-22-38)43-33-31-40(32-34-43)45-30-18-29-44(39-23-12-5-13-24-39)48(45)42-27-16-7-17-28-42/h3-34H,1-2H3/b46-35+,47-36+. The van der Waals surface area contributed by atoms with Gasteiger partial charge in [-0.05, 0) is 91.8 Å². The van der Waals surface area contributed by atoms with Crippen LogP contribution in [0.2, 0.25) is 0 Å². The van der Waals surface area contributed by atoms with Crippen LogP contribution in [0.4, 0.5) is 0 Å². The van der Waals surface area contributed by atoms with Crippen molar-refractivity contribution < 1.29 is 0 Å². The molecule has 0 saturated carbocycles. The van der Waals surface area contributed by atoms with Gasteiger partial charge >= 0.3 is 0 Å². The highest BCUT2D eigenvalue weighted by Gasteiger charge is 2.20. The van der Waals surface area contributed by atoms with Gasteiger partial charge in [0.2, 0.25) is 0 Å². The van der Waals surface area contributed by atoms with Crippen molar-refractivity contribution in [2.24, 2.45) is 0 Å². The molecule has 0 amide bonds. The first-order valence-electron chi connectivity index (χ1n) is 16.6. The molecule has 0 spiro atoms. The molecule has 7 aromatic rings. The summed E-state index contributed by atoms with van der Waals surface area (Å²) < 4.78 is 0. The Morgan fingerprint density at radius 3 is 1.04 bits per heavy atom. The first kappa shape index (κ1) is 30.7. The second-order valence-corrected chi connectivity index (χ2v) is 12.1. The van der Waals surface area contributed by atoms with Gasteiger partial charge in [-0.2, -0.15) is 0 Å². The van der Waals surface area contributed by atoms with Crippen LogP contribution in [0.25, 0.3) is 55.7 Å². The van der Waals surface area contributed by atoms with E-state index >= 15 is 0 Å². The fourth-order valence-electron chi connectivity index (χ4n) is 6.75. The van der Waals surface area contributed by atoms with Gasteiger partial charge in [-0.1, -0.05) is 194 Å². The molecule has 0 aliphatic rings. The lowest BCUT2D eigenvalue weighted by Gasteiger charge is -2.22. The Balaban J connectivity index is 1.44. The van der Waals surface area contributed by atoms with Crippen molar-refractivity contribution in [1.82, 2.24) is 0 Å². The molecular formula is C48H38. The van der Waals surface area contributed by atoms with Gasteiger partial charge in [0.25, 0.3) is 0 Å². The van der Waals surface area contributed by atoms with Crippen molar-refractivity contribution in [1.29, 1.82) is 0 Å². The van der Waals surface area contributed by atoms with Crippen molar-refractivity contribution in [3.8, 4) is 33.4 Å². The Labute approximate surface area is 285 Å². The lowest BCUT2D eigenvalue weighted by molar-refractivity contribution is 1.51. The normalized spacial score (nSPS) is 12.2. The van der Waals surface area contributed by atoms with E-state index in [1.54, 1.807) is 0 Å². The molecule has 0 aromatic heterocycles. The summed E-state index contributed by atoms with van der Waals surface area (Å²) in [4.78, 5) is 0. The minimum Gasteiger partial charge on any atom is -0.0622 e. The van der Waals surface area contributed by atoms with Gasteiger partial charge < -0.3 is 0 Å². The van der Waals surface area contributed by atoms with E-state index in [4.69, 9.17) is 0 Å². The predicted octanol–water partition coefficient (Wildman–Crippen LogP) is 13.2. The highest BCUT2D eigenvalue weighted by molar-refractivity contribution is 6.21. The average Bonchev–Trinajstić information content (AvgIpc) is 3.18. The SMILES string of the molecule is C/C(=C(\C(=C(/C)c1ccccc1)c1ccc(-c2cccc(-c3ccccc3)c2-c2ccccc2)cc1)c1ccccc1)c1ccccc1. The number of hydrogen-bond donors (Lipinski definition) is 0. The number of rotatable bonds is 8. The lowest BCUT2D eigenvalue weighted by atomic mass is 9.82. The van der Waals surface area contributed by atoms with Crippen LogP contribution in [0, 0.1) is 0 Å². The van der Waals surface area contributed by atoms with E-state index in [-0.39, 0.29) is 0 Å². The summed E-state index contributed by atoms with van der Waals surface area (Å²) in [7, 11) is 0. The van der Waals surface area contributed by atoms with Crippen molar-refractivity contribution >= 4 is 22.3 Å². The Bertz CT molecular complexity index is 2170. The monoisotopic (exact) mass is 614 g/mol. The van der Waals surface area contributed by atoms with Crippen molar-refractivity contribution in [3.63, 3.8) is 0 Å².